The maximum atomic E-state index is 11.2. The van der Waals surface area contributed by atoms with Crippen molar-refractivity contribution in [2.45, 2.75) is 6.61 Å². The molecular weight excluding hydrogens is 196 g/mol. The second kappa shape index (κ2) is 5.60. The Labute approximate surface area is 86.8 Å². The van der Waals surface area contributed by atoms with Crippen LogP contribution < -0.4 is 0 Å². The van der Waals surface area contributed by atoms with Gasteiger partial charge in [0.15, 0.2) is 0 Å². The van der Waals surface area contributed by atoms with Gasteiger partial charge in [0.2, 0.25) is 0 Å². The Morgan fingerprint density at radius 1 is 1.36 bits per heavy atom. The lowest BCUT2D eigenvalue weighted by atomic mass is 10.2. The summed E-state index contributed by atoms with van der Waals surface area (Å²) in [7, 11) is -0.00308. The van der Waals surface area contributed by atoms with Gasteiger partial charge in [-0.25, -0.2) is 4.79 Å². The highest BCUT2D eigenvalue weighted by Crippen LogP contribution is 2.01. The normalized spacial score (nSPS) is 9.93. The van der Waals surface area contributed by atoms with Crippen LogP contribution in [-0.4, -0.2) is 23.8 Å². The van der Waals surface area contributed by atoms with Gasteiger partial charge in [0.05, 0.1) is 0 Å². The molecule has 0 aliphatic carbocycles. The Bertz CT molecular complexity index is 326. The molecule has 0 amide bonds. The van der Waals surface area contributed by atoms with Gasteiger partial charge in [0.1, 0.15) is 6.61 Å². The monoisotopic (exact) mass is 210 g/mol. The third-order valence-electron chi connectivity index (χ3n) is 1.56. The molecule has 0 aliphatic heterocycles. The molecule has 0 fully saturated rings. The molecule has 0 spiro atoms. The van der Waals surface area contributed by atoms with Crippen molar-refractivity contribution in [2.24, 2.45) is 0 Å². The van der Waals surface area contributed by atoms with Crippen LogP contribution in [0.15, 0.2) is 30.3 Å². The molecule has 1 aromatic rings. The van der Waals surface area contributed by atoms with E-state index in [1.165, 1.54) is 0 Å². The second-order valence-corrected chi connectivity index (χ2v) is 5.09. The van der Waals surface area contributed by atoms with Gasteiger partial charge in [0.25, 0.3) is 0 Å². The number of rotatable bonds is 3. The fraction of sp³-hybridized carbons (Fsp3) is 0.273. The molecule has 1 aromatic carbocycles. The van der Waals surface area contributed by atoms with E-state index in [0.717, 1.165) is 5.56 Å². The lowest BCUT2D eigenvalue weighted by Gasteiger charge is -2.01. The summed E-state index contributed by atoms with van der Waals surface area (Å²) < 4.78 is 5.05. The SMILES string of the molecule is CS(C)=CC(=O)OCc1ccccc1. The average Bonchev–Trinajstić information content (AvgIpc) is 2.15. The first-order valence-electron chi connectivity index (χ1n) is 4.30. The van der Waals surface area contributed by atoms with Gasteiger partial charge in [0, 0.05) is 5.37 Å². The van der Waals surface area contributed by atoms with E-state index >= 15 is 0 Å². The Morgan fingerprint density at radius 3 is 2.57 bits per heavy atom. The number of esters is 1. The van der Waals surface area contributed by atoms with Gasteiger partial charge in [-0.2, -0.15) is 10.5 Å². The second-order valence-electron chi connectivity index (χ2n) is 3.09. The highest BCUT2D eigenvalue weighted by Gasteiger charge is 1.97. The lowest BCUT2D eigenvalue weighted by molar-refractivity contribution is -0.136. The first-order valence-corrected chi connectivity index (χ1v) is 6.41. The number of carbonyl (C=O) groups is 1. The fourth-order valence-electron chi connectivity index (χ4n) is 0.955. The van der Waals surface area contributed by atoms with Gasteiger partial charge in [-0.1, -0.05) is 30.3 Å². The summed E-state index contributed by atoms with van der Waals surface area (Å²) in [5, 5.41) is 1.60. The Balaban J connectivity index is 2.42. The molecule has 0 N–H and O–H groups in total. The zero-order chi connectivity index (χ0) is 10.4. The quantitative estimate of drug-likeness (QED) is 0.564. The van der Waals surface area contributed by atoms with Crippen LogP contribution >= 0.6 is 10.5 Å². The summed E-state index contributed by atoms with van der Waals surface area (Å²) >= 11 is 0. The van der Waals surface area contributed by atoms with Crippen molar-refractivity contribution in [3.63, 3.8) is 0 Å². The molecule has 2 nitrogen and oxygen atoms in total. The highest BCUT2D eigenvalue weighted by atomic mass is 32.2. The number of hydrogen-bond donors (Lipinski definition) is 0. The molecule has 76 valence electrons. The van der Waals surface area contributed by atoms with Crippen molar-refractivity contribution < 1.29 is 9.53 Å². The minimum atomic E-state index is -0.234. The smallest absolute Gasteiger partial charge is 0.336 e. The van der Waals surface area contributed by atoms with Gasteiger partial charge in [-0.3, -0.25) is 0 Å². The van der Waals surface area contributed by atoms with E-state index in [0.29, 0.717) is 6.61 Å². The molecule has 1 rings (SSSR count). The molecule has 0 bridgehead atoms. The molecule has 0 saturated heterocycles. The summed E-state index contributed by atoms with van der Waals surface area (Å²) in [6.07, 6.45) is 3.95. The third kappa shape index (κ3) is 4.23. The summed E-state index contributed by atoms with van der Waals surface area (Å²) in [6.45, 7) is 0.355. The Hall–Kier alpha value is -1.09. The summed E-state index contributed by atoms with van der Waals surface area (Å²) in [5.41, 5.74) is 1.02. The molecule has 0 aliphatic rings. The Morgan fingerprint density at radius 2 is 2.00 bits per heavy atom. The topological polar surface area (TPSA) is 26.3 Å². The molecular formula is C11H14O2S. The van der Waals surface area contributed by atoms with Crippen LogP contribution in [0.4, 0.5) is 0 Å². The van der Waals surface area contributed by atoms with E-state index in [4.69, 9.17) is 4.74 Å². The molecule has 0 heterocycles. The maximum Gasteiger partial charge on any atom is 0.336 e. The predicted octanol–water partition coefficient (Wildman–Crippen LogP) is 2.06. The zero-order valence-corrected chi connectivity index (χ0v) is 9.21. The highest BCUT2D eigenvalue weighted by molar-refractivity contribution is 8.14. The Kier molecular flexibility index (Phi) is 4.40. The maximum absolute atomic E-state index is 11.2. The van der Waals surface area contributed by atoms with Crippen LogP contribution in [-0.2, 0) is 16.1 Å². The largest absolute Gasteiger partial charge is 0.457 e. The van der Waals surface area contributed by atoms with Crippen molar-refractivity contribution in [1.29, 1.82) is 0 Å². The summed E-state index contributed by atoms with van der Waals surface area (Å²) in [6, 6.07) is 9.66. The molecule has 0 aromatic heterocycles. The van der Waals surface area contributed by atoms with E-state index in [1.807, 2.05) is 42.8 Å². The number of hydrogen-bond acceptors (Lipinski definition) is 2. The minimum Gasteiger partial charge on any atom is -0.457 e. The van der Waals surface area contributed by atoms with E-state index < -0.39 is 0 Å². The van der Waals surface area contributed by atoms with Crippen molar-refractivity contribution in [1.82, 2.24) is 0 Å². The van der Waals surface area contributed by atoms with E-state index in [-0.39, 0.29) is 16.5 Å². The van der Waals surface area contributed by atoms with Gasteiger partial charge in [-0.05, 0) is 18.1 Å². The summed E-state index contributed by atoms with van der Waals surface area (Å²) in [5.74, 6) is -0.234. The van der Waals surface area contributed by atoms with Crippen LogP contribution in [0.25, 0.3) is 0 Å². The number of ether oxygens (including phenoxy) is 1. The van der Waals surface area contributed by atoms with Crippen LogP contribution in [0.5, 0.6) is 0 Å². The zero-order valence-electron chi connectivity index (χ0n) is 8.40. The molecule has 3 heteroatoms. The van der Waals surface area contributed by atoms with Crippen LogP contribution in [0, 0.1) is 0 Å². The van der Waals surface area contributed by atoms with Crippen molar-refractivity contribution in [3.8, 4) is 0 Å². The van der Waals surface area contributed by atoms with Gasteiger partial charge < -0.3 is 4.74 Å². The summed E-state index contributed by atoms with van der Waals surface area (Å²) in [4.78, 5) is 11.2. The van der Waals surface area contributed by atoms with Crippen LogP contribution in [0.1, 0.15) is 5.56 Å². The molecule has 0 atom stereocenters. The first-order chi connectivity index (χ1) is 6.68. The van der Waals surface area contributed by atoms with Gasteiger partial charge in [-0.15, -0.1) is 0 Å². The number of benzene rings is 1. The van der Waals surface area contributed by atoms with E-state index in [1.54, 1.807) is 5.37 Å². The fourth-order valence-corrected chi connectivity index (χ4v) is 1.41. The predicted molar refractivity (Wildman–Crippen MR) is 61.7 cm³/mol. The molecule has 14 heavy (non-hydrogen) atoms. The van der Waals surface area contributed by atoms with E-state index in [9.17, 15) is 4.79 Å². The number of carbonyl (C=O) groups excluding carboxylic acids is 1. The van der Waals surface area contributed by atoms with Crippen LogP contribution in [0.3, 0.4) is 0 Å². The van der Waals surface area contributed by atoms with Crippen molar-refractivity contribution in [2.75, 3.05) is 12.5 Å². The first kappa shape index (κ1) is 11.0. The van der Waals surface area contributed by atoms with Crippen molar-refractivity contribution >= 4 is 21.8 Å². The third-order valence-corrected chi connectivity index (χ3v) is 2.22. The lowest BCUT2D eigenvalue weighted by Crippen LogP contribution is -2.05. The van der Waals surface area contributed by atoms with Crippen LogP contribution in [0.2, 0.25) is 0 Å². The average molecular weight is 210 g/mol. The standard InChI is InChI=1S/C11H14O2S/c1-14(2)9-11(12)13-8-10-6-4-3-5-7-10/h3-7,9H,8H2,1-2H3. The molecule has 0 unspecified atom stereocenters. The molecule has 0 saturated carbocycles. The molecule has 0 radical (unpaired) electrons. The van der Waals surface area contributed by atoms with Gasteiger partial charge >= 0.3 is 5.97 Å². The van der Waals surface area contributed by atoms with E-state index in [2.05, 4.69) is 0 Å². The van der Waals surface area contributed by atoms with Crippen molar-refractivity contribution in [3.05, 3.63) is 35.9 Å². The minimum absolute atomic E-state index is 0.00308.